The number of fused-ring (bicyclic) bond motifs is 1. The van der Waals surface area contributed by atoms with Crippen molar-refractivity contribution in [1.82, 2.24) is 4.98 Å². The maximum Gasteiger partial charge on any atom is 0.274 e. The Bertz CT molecular complexity index is 1250. The first-order valence-electron chi connectivity index (χ1n) is 8.56. The number of alkyl halides is 2. The number of halogens is 3. The minimum absolute atomic E-state index is 0.112. The Morgan fingerprint density at radius 3 is 2.69 bits per heavy atom. The van der Waals surface area contributed by atoms with Crippen molar-refractivity contribution < 1.29 is 26.7 Å². The molecule has 0 bridgehead atoms. The maximum absolute atomic E-state index is 14.3. The first-order valence-corrected chi connectivity index (χ1v) is 10.9. The van der Waals surface area contributed by atoms with Crippen LogP contribution in [-0.4, -0.2) is 30.5 Å². The smallest absolute Gasteiger partial charge is 0.274 e. The summed E-state index contributed by atoms with van der Waals surface area (Å²) in [5.41, 5.74) is -0.894. The van der Waals surface area contributed by atoms with Gasteiger partial charge in [-0.25, -0.2) is 21.6 Å². The fraction of sp³-hybridized carbons (Fsp3) is 0.278. The number of thiophene rings is 1. The van der Waals surface area contributed by atoms with Crippen LogP contribution < -0.4 is 10.3 Å². The number of nitrogens with one attached hydrogen (secondary N) is 2. The van der Waals surface area contributed by atoms with Crippen LogP contribution in [0.4, 0.5) is 18.9 Å². The van der Waals surface area contributed by atoms with Gasteiger partial charge in [-0.15, -0.1) is 11.3 Å². The predicted octanol–water partition coefficient (Wildman–Crippen LogP) is 3.40. The van der Waals surface area contributed by atoms with Crippen molar-refractivity contribution in [2.24, 2.45) is 0 Å². The molecule has 0 radical (unpaired) electrons. The lowest BCUT2D eigenvalue weighted by Crippen LogP contribution is -2.26. The van der Waals surface area contributed by atoms with Crippen LogP contribution in [0.25, 0.3) is 10.8 Å². The number of anilines is 1. The molecule has 6 nitrogen and oxygen atoms in total. The first-order chi connectivity index (χ1) is 13.6. The standard InChI is InChI=1S/C18H15F3N2O4S2/c19-12-5-9-3-4-22-17(25)11(9)7-13(12)23-29(26,27)16-2-1-14(28-16)10-6-15(24)18(20,21)8-10/h1-5,7,10,15,23-24H,6,8H2,(H,22,25)/t10-,15+/m0/s1. The largest absolute Gasteiger partial charge is 0.387 e. The molecule has 4 rings (SSSR count). The lowest BCUT2D eigenvalue weighted by molar-refractivity contribution is -0.0854. The van der Waals surface area contributed by atoms with Gasteiger partial charge in [-0.2, -0.15) is 0 Å². The number of pyridine rings is 1. The molecule has 0 amide bonds. The van der Waals surface area contributed by atoms with Crippen molar-refractivity contribution in [3.8, 4) is 0 Å². The molecule has 3 aromatic rings. The van der Waals surface area contributed by atoms with Crippen molar-refractivity contribution in [1.29, 1.82) is 0 Å². The van der Waals surface area contributed by atoms with Crippen LogP contribution in [0.15, 0.2) is 45.5 Å². The number of rotatable bonds is 4. The molecular weight excluding hydrogens is 429 g/mol. The Labute approximate surface area is 167 Å². The number of hydrogen-bond acceptors (Lipinski definition) is 5. The van der Waals surface area contributed by atoms with Gasteiger partial charge in [0.1, 0.15) is 16.1 Å². The second-order valence-electron chi connectivity index (χ2n) is 6.90. The van der Waals surface area contributed by atoms with Crippen molar-refractivity contribution >= 4 is 37.8 Å². The van der Waals surface area contributed by atoms with Crippen LogP contribution in [-0.2, 0) is 10.0 Å². The Morgan fingerprint density at radius 1 is 1.24 bits per heavy atom. The number of aromatic amines is 1. The van der Waals surface area contributed by atoms with Gasteiger partial charge in [0.05, 0.1) is 5.69 Å². The molecule has 3 N–H and O–H groups in total. The van der Waals surface area contributed by atoms with E-state index in [1.165, 1.54) is 24.4 Å². The zero-order valence-electron chi connectivity index (χ0n) is 14.7. The fourth-order valence-corrected chi connectivity index (χ4v) is 5.88. The third-order valence-electron chi connectivity index (χ3n) is 4.89. The maximum atomic E-state index is 14.3. The number of hydrogen-bond donors (Lipinski definition) is 3. The molecule has 1 aromatic carbocycles. The Balaban J connectivity index is 1.63. The molecule has 0 spiro atoms. The SMILES string of the molecule is O=c1[nH]ccc2cc(F)c(NS(=O)(=O)c3ccc([C@H]4C[C@@H](O)C(F)(F)C4)s3)cc12. The Morgan fingerprint density at radius 2 is 2.00 bits per heavy atom. The van der Waals surface area contributed by atoms with Gasteiger partial charge < -0.3 is 10.1 Å². The van der Waals surface area contributed by atoms with Gasteiger partial charge in [-0.1, -0.05) is 0 Å². The normalized spacial score (nSPS) is 21.5. The van der Waals surface area contributed by atoms with E-state index >= 15 is 0 Å². The van der Waals surface area contributed by atoms with E-state index in [0.29, 0.717) is 10.3 Å². The third kappa shape index (κ3) is 3.65. The first kappa shape index (κ1) is 19.9. The summed E-state index contributed by atoms with van der Waals surface area (Å²) in [5, 5.41) is 9.87. The fourth-order valence-electron chi connectivity index (χ4n) is 3.39. The summed E-state index contributed by atoms with van der Waals surface area (Å²) in [6.07, 6.45) is -1.14. The van der Waals surface area contributed by atoms with Crippen LogP contribution in [0.2, 0.25) is 0 Å². The molecule has 11 heteroatoms. The van der Waals surface area contributed by atoms with Crippen LogP contribution in [0.1, 0.15) is 23.6 Å². The summed E-state index contributed by atoms with van der Waals surface area (Å²) in [6, 6.07) is 6.29. The minimum atomic E-state index is -4.20. The summed E-state index contributed by atoms with van der Waals surface area (Å²) in [4.78, 5) is 14.7. The molecule has 154 valence electrons. The van der Waals surface area contributed by atoms with E-state index < -0.39 is 51.5 Å². The van der Waals surface area contributed by atoms with E-state index in [-0.39, 0.29) is 16.0 Å². The molecule has 2 heterocycles. The second-order valence-corrected chi connectivity index (χ2v) is 9.93. The van der Waals surface area contributed by atoms with Crippen molar-refractivity contribution in [3.05, 3.63) is 57.6 Å². The summed E-state index contributed by atoms with van der Waals surface area (Å²) in [7, 11) is -4.20. The van der Waals surface area contributed by atoms with E-state index in [1.807, 2.05) is 0 Å². The molecule has 29 heavy (non-hydrogen) atoms. The average Bonchev–Trinajstić information content (AvgIpc) is 3.22. The number of aliphatic hydroxyl groups excluding tert-OH is 1. The van der Waals surface area contributed by atoms with Gasteiger partial charge in [0.15, 0.2) is 0 Å². The molecule has 1 aliphatic carbocycles. The van der Waals surface area contributed by atoms with Crippen LogP contribution in [0.3, 0.4) is 0 Å². The van der Waals surface area contributed by atoms with Gasteiger partial charge in [0.2, 0.25) is 0 Å². The number of H-pyrrole nitrogens is 1. The lowest BCUT2D eigenvalue weighted by Gasteiger charge is -2.11. The van der Waals surface area contributed by atoms with Crippen LogP contribution >= 0.6 is 11.3 Å². The van der Waals surface area contributed by atoms with E-state index in [0.717, 1.165) is 23.5 Å². The zero-order chi connectivity index (χ0) is 21.0. The van der Waals surface area contributed by atoms with Gasteiger partial charge in [-0.05, 0) is 42.1 Å². The lowest BCUT2D eigenvalue weighted by atomic mass is 10.1. The van der Waals surface area contributed by atoms with Crippen molar-refractivity contribution in [3.63, 3.8) is 0 Å². The molecule has 1 fully saturated rings. The topological polar surface area (TPSA) is 99.3 Å². The predicted molar refractivity (Wildman–Crippen MR) is 103 cm³/mol. The van der Waals surface area contributed by atoms with Crippen LogP contribution in [0.5, 0.6) is 0 Å². The number of benzene rings is 1. The highest BCUT2D eigenvalue weighted by Gasteiger charge is 2.48. The van der Waals surface area contributed by atoms with Gasteiger partial charge in [0, 0.05) is 28.8 Å². The molecular formula is C18H15F3N2O4S2. The summed E-state index contributed by atoms with van der Waals surface area (Å²) in [5.74, 6) is -4.74. The number of aromatic nitrogens is 1. The highest BCUT2D eigenvalue weighted by atomic mass is 32.2. The highest BCUT2D eigenvalue weighted by Crippen LogP contribution is 2.46. The quantitative estimate of drug-likeness (QED) is 0.574. The molecule has 0 aliphatic heterocycles. The summed E-state index contributed by atoms with van der Waals surface area (Å²) < 4.78 is 68.7. The van der Waals surface area contributed by atoms with Crippen LogP contribution in [0, 0.1) is 5.82 Å². The van der Waals surface area contributed by atoms with Gasteiger partial charge >= 0.3 is 0 Å². The van der Waals surface area contributed by atoms with Gasteiger partial charge in [0.25, 0.3) is 21.5 Å². The summed E-state index contributed by atoms with van der Waals surface area (Å²) in [6.45, 7) is 0. The monoisotopic (exact) mass is 444 g/mol. The third-order valence-corrected chi connectivity index (χ3v) is 7.99. The molecule has 0 unspecified atom stereocenters. The average molecular weight is 444 g/mol. The molecule has 1 saturated carbocycles. The van der Waals surface area contributed by atoms with E-state index in [9.17, 15) is 31.5 Å². The van der Waals surface area contributed by atoms with Crippen molar-refractivity contribution in [2.75, 3.05) is 4.72 Å². The number of aliphatic hydroxyl groups is 1. The Kier molecular flexibility index (Phi) is 4.71. The highest BCUT2D eigenvalue weighted by molar-refractivity contribution is 7.94. The van der Waals surface area contributed by atoms with Crippen molar-refractivity contribution in [2.45, 2.75) is 35.0 Å². The second kappa shape index (κ2) is 6.85. The van der Waals surface area contributed by atoms with E-state index in [1.54, 1.807) is 0 Å². The summed E-state index contributed by atoms with van der Waals surface area (Å²) >= 11 is 0.786. The van der Waals surface area contributed by atoms with Gasteiger partial charge in [-0.3, -0.25) is 9.52 Å². The number of sulfonamides is 1. The minimum Gasteiger partial charge on any atom is -0.387 e. The molecule has 0 saturated heterocycles. The van der Waals surface area contributed by atoms with E-state index in [4.69, 9.17) is 0 Å². The van der Waals surface area contributed by atoms with E-state index in [2.05, 4.69) is 9.71 Å². The molecule has 1 aliphatic rings. The molecule has 2 atom stereocenters. The Hall–Kier alpha value is -2.37. The molecule has 2 aromatic heterocycles. The zero-order valence-corrected chi connectivity index (χ0v) is 16.3.